The van der Waals surface area contributed by atoms with Gasteiger partial charge in [-0.2, -0.15) is 5.10 Å². The lowest BCUT2D eigenvalue weighted by atomic mass is 10.1. The molecule has 4 aromatic rings. The average Bonchev–Trinajstić information content (AvgIpc) is 3.10. The maximum Gasteiger partial charge on any atom is 0.337 e. The SMILES string of the molecule is O=C(O)c1ccc(C=Cc2ccc3[nH]nc(-c4ccc(F)cc4)c3c2)nc1. The molecular formula is C21H14FN3O2. The molecule has 2 aromatic heterocycles. The average molecular weight is 359 g/mol. The number of hydrogen-bond acceptors (Lipinski definition) is 3. The predicted octanol–water partition coefficient (Wildman–Crippen LogP) is 4.63. The number of nitrogens with one attached hydrogen (secondary N) is 1. The van der Waals surface area contributed by atoms with E-state index in [1.807, 2.05) is 30.4 Å². The second-order valence-electron chi connectivity index (χ2n) is 5.99. The first-order valence-electron chi connectivity index (χ1n) is 8.22. The van der Waals surface area contributed by atoms with Crippen molar-refractivity contribution in [1.29, 1.82) is 0 Å². The van der Waals surface area contributed by atoms with Crippen molar-refractivity contribution in [2.75, 3.05) is 0 Å². The fourth-order valence-corrected chi connectivity index (χ4v) is 2.78. The summed E-state index contributed by atoms with van der Waals surface area (Å²) in [5.74, 6) is -1.29. The van der Waals surface area contributed by atoms with Gasteiger partial charge in [-0.3, -0.25) is 10.1 Å². The monoisotopic (exact) mass is 359 g/mol. The number of H-pyrrole nitrogens is 1. The molecular weight excluding hydrogens is 345 g/mol. The van der Waals surface area contributed by atoms with E-state index in [0.717, 1.165) is 27.7 Å². The van der Waals surface area contributed by atoms with Crippen LogP contribution in [0.2, 0.25) is 0 Å². The van der Waals surface area contributed by atoms with Gasteiger partial charge >= 0.3 is 5.97 Å². The number of aromatic nitrogens is 3. The molecule has 2 heterocycles. The lowest BCUT2D eigenvalue weighted by Gasteiger charge is -2.00. The highest BCUT2D eigenvalue weighted by Crippen LogP contribution is 2.27. The first kappa shape index (κ1) is 16.7. The normalized spacial score (nSPS) is 11.3. The van der Waals surface area contributed by atoms with E-state index in [9.17, 15) is 9.18 Å². The third-order valence-electron chi connectivity index (χ3n) is 4.18. The molecule has 0 saturated heterocycles. The molecule has 27 heavy (non-hydrogen) atoms. The Bertz CT molecular complexity index is 1150. The largest absolute Gasteiger partial charge is 0.478 e. The van der Waals surface area contributed by atoms with Crippen molar-refractivity contribution in [2.24, 2.45) is 0 Å². The number of carboxylic acids is 1. The molecule has 2 aromatic carbocycles. The molecule has 0 atom stereocenters. The first-order valence-corrected chi connectivity index (χ1v) is 8.22. The van der Waals surface area contributed by atoms with Crippen LogP contribution in [-0.2, 0) is 0 Å². The quantitative estimate of drug-likeness (QED) is 0.557. The summed E-state index contributed by atoms with van der Waals surface area (Å²) in [6.07, 6.45) is 5.03. The molecule has 132 valence electrons. The van der Waals surface area contributed by atoms with Crippen LogP contribution in [0.1, 0.15) is 21.6 Å². The summed E-state index contributed by atoms with van der Waals surface area (Å²) in [6.45, 7) is 0. The molecule has 0 bridgehead atoms. The van der Waals surface area contributed by atoms with E-state index in [2.05, 4.69) is 15.2 Å². The van der Waals surface area contributed by atoms with Gasteiger partial charge in [-0.25, -0.2) is 9.18 Å². The summed E-state index contributed by atoms with van der Waals surface area (Å²) >= 11 is 0. The first-order chi connectivity index (χ1) is 13.1. The number of hydrogen-bond donors (Lipinski definition) is 2. The second kappa shape index (κ2) is 6.84. The molecule has 2 N–H and O–H groups in total. The summed E-state index contributed by atoms with van der Waals surface area (Å²) in [4.78, 5) is 15.0. The van der Waals surface area contributed by atoms with Gasteiger partial charge in [0.2, 0.25) is 0 Å². The van der Waals surface area contributed by atoms with Gasteiger partial charge < -0.3 is 5.11 Å². The Morgan fingerprint density at radius 2 is 1.85 bits per heavy atom. The smallest absolute Gasteiger partial charge is 0.337 e. The van der Waals surface area contributed by atoms with Crippen molar-refractivity contribution < 1.29 is 14.3 Å². The molecule has 6 heteroatoms. The number of carboxylic acid groups (broad SMARTS) is 1. The molecule has 0 radical (unpaired) electrons. The summed E-state index contributed by atoms with van der Waals surface area (Å²) in [7, 11) is 0. The molecule has 0 aliphatic carbocycles. The van der Waals surface area contributed by atoms with Gasteiger partial charge in [-0.1, -0.05) is 12.1 Å². The number of nitrogens with zero attached hydrogens (tertiary/aromatic N) is 2. The van der Waals surface area contributed by atoms with Gasteiger partial charge in [-0.05, 0) is 60.2 Å². The van der Waals surface area contributed by atoms with Gasteiger partial charge in [0, 0.05) is 17.1 Å². The van der Waals surface area contributed by atoms with E-state index in [1.54, 1.807) is 18.2 Å². The van der Waals surface area contributed by atoms with E-state index in [4.69, 9.17) is 5.11 Å². The highest BCUT2D eigenvalue weighted by atomic mass is 19.1. The van der Waals surface area contributed by atoms with Crippen molar-refractivity contribution in [3.05, 3.63) is 83.4 Å². The zero-order chi connectivity index (χ0) is 18.8. The fourth-order valence-electron chi connectivity index (χ4n) is 2.78. The van der Waals surface area contributed by atoms with Crippen molar-refractivity contribution >= 4 is 29.0 Å². The summed E-state index contributed by atoms with van der Waals surface area (Å²) in [6, 6.07) is 15.2. The van der Waals surface area contributed by atoms with Gasteiger partial charge in [0.15, 0.2) is 0 Å². The van der Waals surface area contributed by atoms with Crippen LogP contribution in [-0.4, -0.2) is 26.3 Å². The van der Waals surface area contributed by atoms with Crippen molar-refractivity contribution in [3.63, 3.8) is 0 Å². The van der Waals surface area contributed by atoms with Crippen molar-refractivity contribution in [1.82, 2.24) is 15.2 Å². The number of pyridine rings is 1. The number of fused-ring (bicyclic) bond motifs is 1. The molecule has 4 rings (SSSR count). The standard InChI is InChI=1S/C21H14FN3O2/c22-16-6-3-14(4-7-16)20-18-11-13(2-10-19(18)24-25-20)1-8-17-9-5-15(12-23-17)21(26)27/h1-12H,(H,24,25)(H,26,27). The number of halogens is 1. The fraction of sp³-hybridized carbons (Fsp3) is 0. The van der Waals surface area contributed by atoms with Crippen LogP contribution in [0.5, 0.6) is 0 Å². The maximum atomic E-state index is 13.2. The molecule has 0 unspecified atom stereocenters. The van der Waals surface area contributed by atoms with Gasteiger partial charge in [0.25, 0.3) is 0 Å². The van der Waals surface area contributed by atoms with Crippen LogP contribution < -0.4 is 0 Å². The molecule has 0 fully saturated rings. The molecule has 0 amide bonds. The van der Waals surface area contributed by atoms with E-state index < -0.39 is 5.97 Å². The number of aromatic carboxylic acids is 1. The van der Waals surface area contributed by atoms with E-state index in [-0.39, 0.29) is 11.4 Å². The minimum atomic E-state index is -1.00. The van der Waals surface area contributed by atoms with E-state index >= 15 is 0 Å². The highest BCUT2D eigenvalue weighted by molar-refractivity contribution is 5.94. The van der Waals surface area contributed by atoms with Crippen LogP contribution in [0, 0.1) is 5.82 Å². The number of aromatic amines is 1. The van der Waals surface area contributed by atoms with Crippen LogP contribution in [0.25, 0.3) is 34.3 Å². The maximum absolute atomic E-state index is 13.2. The third-order valence-corrected chi connectivity index (χ3v) is 4.18. The van der Waals surface area contributed by atoms with Gasteiger partial charge in [0.1, 0.15) is 5.82 Å². The number of benzene rings is 2. The topological polar surface area (TPSA) is 78.9 Å². The number of rotatable bonds is 4. The van der Waals surface area contributed by atoms with Crippen LogP contribution >= 0.6 is 0 Å². The Kier molecular flexibility index (Phi) is 4.22. The Labute approximate surface area is 153 Å². The van der Waals surface area contributed by atoms with E-state index in [1.165, 1.54) is 24.4 Å². The highest BCUT2D eigenvalue weighted by Gasteiger charge is 2.08. The lowest BCUT2D eigenvalue weighted by Crippen LogP contribution is -1.96. The van der Waals surface area contributed by atoms with Gasteiger partial charge in [-0.15, -0.1) is 0 Å². The summed E-state index contributed by atoms with van der Waals surface area (Å²) in [5.41, 5.74) is 4.22. The minimum absolute atomic E-state index is 0.149. The van der Waals surface area contributed by atoms with Gasteiger partial charge in [0.05, 0.1) is 22.5 Å². The summed E-state index contributed by atoms with van der Waals surface area (Å²) < 4.78 is 13.2. The summed E-state index contributed by atoms with van der Waals surface area (Å²) in [5, 5.41) is 17.2. The Hall–Kier alpha value is -3.80. The van der Waals surface area contributed by atoms with Crippen LogP contribution in [0.3, 0.4) is 0 Å². The molecule has 0 aliphatic rings. The second-order valence-corrected chi connectivity index (χ2v) is 5.99. The zero-order valence-corrected chi connectivity index (χ0v) is 14.1. The van der Waals surface area contributed by atoms with Crippen molar-refractivity contribution in [3.8, 4) is 11.3 Å². The van der Waals surface area contributed by atoms with Crippen molar-refractivity contribution in [2.45, 2.75) is 0 Å². The molecule has 0 spiro atoms. The zero-order valence-electron chi connectivity index (χ0n) is 14.1. The molecule has 0 saturated carbocycles. The third kappa shape index (κ3) is 3.46. The predicted molar refractivity (Wildman–Crippen MR) is 102 cm³/mol. The lowest BCUT2D eigenvalue weighted by molar-refractivity contribution is 0.0696. The molecule has 0 aliphatic heterocycles. The van der Waals surface area contributed by atoms with Crippen LogP contribution in [0.15, 0.2) is 60.8 Å². The Morgan fingerprint density at radius 1 is 1.04 bits per heavy atom. The Balaban J connectivity index is 1.65. The Morgan fingerprint density at radius 3 is 2.56 bits per heavy atom. The van der Waals surface area contributed by atoms with Crippen LogP contribution in [0.4, 0.5) is 4.39 Å². The molecule has 5 nitrogen and oxygen atoms in total. The van der Waals surface area contributed by atoms with E-state index in [0.29, 0.717) is 5.69 Å². The minimum Gasteiger partial charge on any atom is -0.478 e. The number of carbonyl (C=O) groups is 1.